The van der Waals surface area contributed by atoms with Crippen LogP contribution in [0.15, 0.2) is 80.4 Å². The molecule has 29 heteroatoms. The van der Waals surface area contributed by atoms with E-state index >= 15 is 0 Å². The lowest BCUT2D eigenvalue weighted by Crippen LogP contribution is -2.48. The summed E-state index contributed by atoms with van der Waals surface area (Å²) in [5.41, 5.74) is -0.754. The quantitative estimate of drug-likeness (QED) is 0.0748. The highest BCUT2D eigenvalue weighted by Crippen LogP contribution is 2.39. The highest BCUT2D eigenvalue weighted by atomic mass is 32.1. The largest absolute Gasteiger partial charge is 0.496 e. The molecule has 11 rings (SSSR count). The highest BCUT2D eigenvalue weighted by Gasteiger charge is 2.35. The number of rotatable bonds is 20. The molecule has 8 aromatic rings. The Morgan fingerprint density at radius 2 is 0.989 bits per heavy atom. The van der Waals surface area contributed by atoms with E-state index in [1.807, 2.05) is 27.7 Å². The van der Waals surface area contributed by atoms with Gasteiger partial charge in [-0.05, 0) is 143 Å². The molecular weight excluding hydrogens is 1270 g/mol. The van der Waals surface area contributed by atoms with Gasteiger partial charge in [-0.1, -0.05) is 22.7 Å². The van der Waals surface area contributed by atoms with Crippen molar-refractivity contribution in [1.29, 1.82) is 0 Å². The summed E-state index contributed by atoms with van der Waals surface area (Å²) in [6, 6.07) is 5.62. The zero-order chi connectivity index (χ0) is 68.7. The van der Waals surface area contributed by atoms with Crippen LogP contribution in [0.5, 0.6) is 11.5 Å². The molecule has 0 unspecified atom stereocenters. The number of halogens is 2. The first-order valence-corrected chi connectivity index (χ1v) is 33.6. The number of nitrogens with zero attached hydrogens (tertiary/aromatic N) is 12. The number of Topliss-reactive ketones (excluding diaryl/α,β-unsaturated/α-hetero) is 1. The maximum Gasteiger partial charge on any atom is 0.332 e. The third-order valence-corrected chi connectivity index (χ3v) is 20.4. The lowest BCUT2D eigenvalue weighted by Gasteiger charge is -2.31. The lowest BCUT2D eigenvalue weighted by atomic mass is 9.94. The first-order chi connectivity index (χ1) is 45.3. The number of aryl methyl sites for hydroxylation is 2. The number of amides is 2. The van der Waals surface area contributed by atoms with Crippen LogP contribution >= 0.6 is 22.7 Å². The molecule has 1 N–H and O–H groups in total. The lowest BCUT2D eigenvalue weighted by molar-refractivity contribution is -0.135. The molecule has 2 amide bonds. The van der Waals surface area contributed by atoms with E-state index in [1.165, 1.54) is 142 Å². The molecule has 3 aliphatic rings. The van der Waals surface area contributed by atoms with Gasteiger partial charge in [-0.25, -0.2) is 27.5 Å². The summed E-state index contributed by atoms with van der Waals surface area (Å²) in [5.74, 6) is -0.927. The molecule has 4 atom stereocenters. The molecule has 1 aliphatic heterocycles. The van der Waals surface area contributed by atoms with Crippen LogP contribution in [0.25, 0.3) is 30.4 Å². The summed E-state index contributed by atoms with van der Waals surface area (Å²) < 4.78 is 63.4. The number of carbonyl (C=O) groups is 3. The number of benzene rings is 2. The van der Waals surface area contributed by atoms with Crippen molar-refractivity contribution in [3.63, 3.8) is 0 Å². The Bertz CT molecular complexity index is 4240. The van der Waals surface area contributed by atoms with E-state index in [-0.39, 0.29) is 53.9 Å². The number of thiophene rings is 2. The number of aliphatic hydroxyl groups excluding tert-OH is 1. The molecule has 512 valence electrons. The normalized spacial score (nSPS) is 17.3. The molecular formula is C66H84F2N12O13S2. The van der Waals surface area contributed by atoms with Crippen molar-refractivity contribution in [1.82, 2.24) is 58.1 Å². The second-order valence-electron chi connectivity index (χ2n) is 24.6. The fraction of sp³-hybridized carbons (Fsp3) is 0.530. The molecule has 3 fully saturated rings. The second kappa shape index (κ2) is 31.2. The number of fused-ring (bicyclic) bond motifs is 2. The Morgan fingerprint density at radius 3 is 1.34 bits per heavy atom. The molecule has 95 heavy (non-hydrogen) atoms. The summed E-state index contributed by atoms with van der Waals surface area (Å²) in [4.78, 5) is 102. The second-order valence-corrected chi connectivity index (χ2v) is 26.6. The molecule has 25 nitrogen and oxygen atoms in total. The van der Waals surface area contributed by atoms with E-state index in [0.29, 0.717) is 105 Å². The third kappa shape index (κ3) is 15.6. The Labute approximate surface area is 555 Å². The van der Waals surface area contributed by atoms with Gasteiger partial charge in [0.15, 0.2) is 0 Å². The monoisotopic (exact) mass is 1350 g/mol. The van der Waals surface area contributed by atoms with Crippen molar-refractivity contribution in [2.45, 2.75) is 187 Å². The molecule has 2 aliphatic carbocycles. The fourth-order valence-corrected chi connectivity index (χ4v) is 14.4. The van der Waals surface area contributed by atoms with Crippen molar-refractivity contribution in [2.24, 2.45) is 0 Å². The highest BCUT2D eigenvalue weighted by molar-refractivity contribution is 7.21. The minimum absolute atomic E-state index is 0.110. The van der Waals surface area contributed by atoms with Crippen LogP contribution < -0.4 is 32.0 Å². The number of hydrogen-bond acceptors (Lipinski definition) is 19. The predicted octanol–water partition coefficient (Wildman–Crippen LogP) is 8.51. The standard InChI is InChI=1S/C31H39FN6O6S.C31H37FN6O6S.C4H8O/c2*1-17(2)35(5)27(40)19(4)37-28(41)26-18(3)29(38-33-13-14-34-38)45-30(26)36(31(37)42)16-25(44-22-10-8-21(39)9-11-22)23-15-20(32)7-12-24(23)43-6;1-2-4-5-3-1/h7,12-15,17,19,21-22,25,39H,8-11,16H2,1-6H3;7,12-15,17,19,22,25H,8-11,16H2,1-6H3;1-4H2/t19-,21?,22?,25+;19-,25+;/m11./s1. The van der Waals surface area contributed by atoms with Crippen molar-refractivity contribution >= 4 is 60.7 Å². The Kier molecular flexibility index (Phi) is 23.4. The van der Waals surface area contributed by atoms with Crippen LogP contribution in [0.4, 0.5) is 8.78 Å². The zero-order valence-electron chi connectivity index (χ0n) is 55.7. The molecule has 0 spiro atoms. The van der Waals surface area contributed by atoms with Crippen LogP contribution in [0, 0.1) is 25.5 Å². The minimum Gasteiger partial charge on any atom is -0.496 e. The van der Waals surface area contributed by atoms with Crippen LogP contribution in [0.2, 0.25) is 0 Å². The average Bonchev–Trinajstić information content (AvgIpc) is 1.65. The number of methoxy groups -OCH3 is 2. The zero-order valence-corrected chi connectivity index (χ0v) is 57.3. The first kappa shape index (κ1) is 71.2. The van der Waals surface area contributed by atoms with Crippen molar-refractivity contribution in [3.8, 4) is 21.5 Å². The van der Waals surface area contributed by atoms with Crippen molar-refractivity contribution in [3.05, 3.63) is 137 Å². The van der Waals surface area contributed by atoms with E-state index in [2.05, 4.69) is 20.4 Å². The molecule has 6 aromatic heterocycles. The van der Waals surface area contributed by atoms with Crippen molar-refractivity contribution < 1.29 is 52.0 Å². The van der Waals surface area contributed by atoms with Crippen molar-refractivity contribution in [2.75, 3.05) is 41.5 Å². The number of ether oxygens (including phenoxy) is 5. The summed E-state index contributed by atoms with van der Waals surface area (Å²) >= 11 is 2.33. The Balaban J connectivity index is 0.000000208. The molecule has 7 heterocycles. The van der Waals surface area contributed by atoms with Gasteiger partial charge in [0.2, 0.25) is 11.8 Å². The maximum atomic E-state index is 14.7. The van der Waals surface area contributed by atoms with Gasteiger partial charge < -0.3 is 38.6 Å². The maximum absolute atomic E-state index is 14.7. The smallest absolute Gasteiger partial charge is 0.332 e. The molecule has 0 radical (unpaired) electrons. The summed E-state index contributed by atoms with van der Waals surface area (Å²) in [5, 5.41) is 28.6. The van der Waals surface area contributed by atoms with E-state index in [4.69, 9.17) is 23.7 Å². The number of likely N-dealkylation sites (N-methyl/N-ethyl adjacent to an activating group) is 2. The number of aromatic nitrogens is 10. The van der Waals surface area contributed by atoms with E-state index in [9.17, 15) is 47.4 Å². The van der Waals surface area contributed by atoms with Crippen LogP contribution in [0.3, 0.4) is 0 Å². The molecule has 0 bridgehead atoms. The van der Waals surface area contributed by atoms with Crippen LogP contribution in [-0.4, -0.2) is 153 Å². The third-order valence-electron chi connectivity index (χ3n) is 17.8. The SMILES string of the molecule is C1CCOC1.COc1ccc(F)cc1[C@H](Cn1c(=O)n([C@H](C)C(=O)N(C)C(C)C)c(=O)c2c(C)c(-n3nccn3)sc21)OC1CCC(=O)CC1.COc1ccc(F)cc1[C@H](Cn1c(=O)n([C@H](C)C(=O)N(C)C(C)C)c(=O)c2c(C)c(-n3nccn3)sc21)OC1CCC(O)CC1. The summed E-state index contributed by atoms with van der Waals surface area (Å²) in [6.07, 6.45) is 9.78. The summed E-state index contributed by atoms with van der Waals surface area (Å²) in [6.45, 7) is 15.7. The molecule has 2 aromatic carbocycles. The van der Waals surface area contributed by atoms with Gasteiger partial charge in [-0.2, -0.15) is 20.4 Å². The number of carbonyl (C=O) groups excluding carboxylic acids is 3. The van der Waals surface area contributed by atoms with Crippen LogP contribution in [0.1, 0.15) is 152 Å². The topological polar surface area (TPSA) is 273 Å². The van der Waals surface area contributed by atoms with Gasteiger partial charge in [0.05, 0.1) is 81.2 Å². The van der Waals surface area contributed by atoms with Gasteiger partial charge in [0.1, 0.15) is 72.9 Å². The van der Waals surface area contributed by atoms with E-state index in [1.54, 1.807) is 27.9 Å². The van der Waals surface area contributed by atoms with Gasteiger partial charge in [0.25, 0.3) is 11.1 Å². The van der Waals surface area contributed by atoms with E-state index in [0.717, 1.165) is 33.7 Å². The van der Waals surface area contributed by atoms with Gasteiger partial charge >= 0.3 is 11.4 Å². The number of ketones is 1. The summed E-state index contributed by atoms with van der Waals surface area (Å²) in [7, 11) is 6.18. The van der Waals surface area contributed by atoms with Gasteiger partial charge in [-0.15, -0.1) is 9.59 Å². The predicted molar refractivity (Wildman–Crippen MR) is 354 cm³/mol. The Hall–Kier alpha value is -8.09. The average molecular weight is 1360 g/mol. The van der Waals surface area contributed by atoms with Gasteiger partial charge in [0, 0.05) is 74.5 Å². The number of hydrogen-bond donors (Lipinski definition) is 1. The van der Waals surface area contributed by atoms with Crippen LogP contribution in [-0.2, 0) is 41.7 Å². The fourth-order valence-electron chi connectivity index (χ4n) is 11.9. The minimum atomic E-state index is -1.12. The van der Waals surface area contributed by atoms with Gasteiger partial charge in [-0.3, -0.25) is 33.1 Å². The van der Waals surface area contributed by atoms with E-state index < -0.39 is 76.3 Å². The number of aliphatic hydroxyl groups is 1. The molecule has 2 saturated carbocycles. The Morgan fingerprint density at radius 1 is 0.611 bits per heavy atom. The first-order valence-electron chi connectivity index (χ1n) is 31.9. The molecule has 1 saturated heterocycles.